The van der Waals surface area contributed by atoms with E-state index in [0.717, 1.165) is 0 Å². The van der Waals surface area contributed by atoms with Gasteiger partial charge in [-0.1, -0.05) is 50.2 Å². The Bertz CT molecular complexity index is 946. The Kier molecular flexibility index (Phi) is 8.78. The van der Waals surface area contributed by atoms with Gasteiger partial charge in [0, 0.05) is 11.4 Å². The fourth-order valence-electron chi connectivity index (χ4n) is 3.49. The lowest BCUT2D eigenvalue weighted by Crippen LogP contribution is -2.45. The van der Waals surface area contributed by atoms with Gasteiger partial charge in [-0.25, -0.2) is 4.79 Å². The molecule has 0 N–H and O–H groups in total. The number of ketones is 1. The second kappa shape index (κ2) is 11.1. The zero-order chi connectivity index (χ0) is 23.9. The molecule has 0 heterocycles. The average molecular weight is 462 g/mol. The lowest BCUT2D eigenvalue weighted by Gasteiger charge is -2.37. The molecule has 1 aliphatic rings. The average Bonchev–Trinajstić information content (AvgIpc) is 2.72. The predicted molar refractivity (Wildman–Crippen MR) is 121 cm³/mol. The van der Waals surface area contributed by atoms with E-state index in [2.05, 4.69) is 11.7 Å². The number of esters is 2. The molecule has 0 bridgehead atoms. The van der Waals surface area contributed by atoms with Gasteiger partial charge >= 0.3 is 11.9 Å². The molecule has 1 atom stereocenters. The SMILES string of the molecule is C=CCO/N=C(/CC)C1=C(OC(=O)c2ccc(Cl)cc2)CC(C)(C)C(C(=O)OCC)C1=O. The van der Waals surface area contributed by atoms with Crippen LogP contribution < -0.4 is 0 Å². The van der Waals surface area contributed by atoms with Crippen LogP contribution in [0.1, 0.15) is 50.9 Å². The van der Waals surface area contributed by atoms with E-state index in [0.29, 0.717) is 11.4 Å². The van der Waals surface area contributed by atoms with Crippen LogP contribution in [0.2, 0.25) is 5.02 Å². The number of allylic oxidation sites excluding steroid dienone is 2. The van der Waals surface area contributed by atoms with Gasteiger partial charge in [-0.05, 0) is 43.0 Å². The topological polar surface area (TPSA) is 91.3 Å². The Morgan fingerprint density at radius 3 is 2.47 bits per heavy atom. The lowest BCUT2D eigenvalue weighted by atomic mass is 9.67. The standard InChI is InChI=1S/C24H28ClNO6/c1-6-13-31-26-17(7-2)19-18(32-22(28)15-9-11-16(25)12-10-15)14-24(4,5)20(21(19)27)23(29)30-8-3/h6,9-12,20H,1,7-8,13-14H2,2-5H3/b26-17-. The first-order valence-electron chi connectivity index (χ1n) is 10.4. The molecule has 7 nitrogen and oxygen atoms in total. The summed E-state index contributed by atoms with van der Waals surface area (Å²) in [5, 5.41) is 4.52. The monoisotopic (exact) mass is 461 g/mol. The Balaban J connectivity index is 2.56. The number of Topliss-reactive ketones (excluding diaryl/α,β-unsaturated/α-hetero) is 1. The first-order chi connectivity index (χ1) is 15.2. The Labute approximate surface area is 193 Å². The molecule has 2 rings (SSSR count). The number of hydrogen-bond donors (Lipinski definition) is 0. The second-order valence-electron chi connectivity index (χ2n) is 7.89. The van der Waals surface area contributed by atoms with Gasteiger partial charge in [0.25, 0.3) is 0 Å². The summed E-state index contributed by atoms with van der Waals surface area (Å²) in [5.74, 6) is -2.70. The fraction of sp³-hybridized carbons (Fsp3) is 0.417. The van der Waals surface area contributed by atoms with E-state index in [1.807, 2.05) is 0 Å². The van der Waals surface area contributed by atoms with Crippen molar-refractivity contribution in [3.8, 4) is 0 Å². The number of ether oxygens (including phenoxy) is 2. The molecule has 0 radical (unpaired) electrons. The summed E-state index contributed by atoms with van der Waals surface area (Å²) in [7, 11) is 0. The number of nitrogens with zero attached hydrogens (tertiary/aromatic N) is 1. The second-order valence-corrected chi connectivity index (χ2v) is 8.32. The van der Waals surface area contributed by atoms with Crippen LogP contribution in [0, 0.1) is 11.3 Å². The maximum atomic E-state index is 13.5. The van der Waals surface area contributed by atoms with Crippen molar-refractivity contribution >= 4 is 35.0 Å². The summed E-state index contributed by atoms with van der Waals surface area (Å²) in [6.07, 6.45) is 1.98. The molecule has 32 heavy (non-hydrogen) atoms. The minimum absolute atomic E-state index is 0.0660. The largest absolute Gasteiger partial charge is 0.465 e. The molecule has 172 valence electrons. The summed E-state index contributed by atoms with van der Waals surface area (Å²) in [4.78, 5) is 44.2. The maximum Gasteiger partial charge on any atom is 0.343 e. The number of carbonyl (C=O) groups excluding carboxylic acids is 3. The molecule has 0 spiro atoms. The molecule has 0 saturated heterocycles. The van der Waals surface area contributed by atoms with Crippen LogP contribution >= 0.6 is 11.6 Å². The zero-order valence-electron chi connectivity index (χ0n) is 18.8. The molecule has 0 aromatic heterocycles. The summed E-state index contributed by atoms with van der Waals surface area (Å²) >= 11 is 5.89. The zero-order valence-corrected chi connectivity index (χ0v) is 19.5. The van der Waals surface area contributed by atoms with E-state index >= 15 is 0 Å². The minimum atomic E-state index is -1.06. The molecule has 1 aliphatic carbocycles. The lowest BCUT2D eigenvalue weighted by molar-refractivity contribution is -0.156. The van der Waals surface area contributed by atoms with Crippen molar-refractivity contribution in [2.45, 2.75) is 40.5 Å². The predicted octanol–water partition coefficient (Wildman–Crippen LogP) is 4.90. The van der Waals surface area contributed by atoms with Crippen molar-refractivity contribution < 1.29 is 28.7 Å². The quantitative estimate of drug-likeness (QED) is 0.130. The number of halogens is 1. The molecule has 0 amide bonds. The van der Waals surface area contributed by atoms with Crippen LogP contribution in [-0.2, 0) is 23.9 Å². The van der Waals surface area contributed by atoms with E-state index in [4.69, 9.17) is 25.9 Å². The van der Waals surface area contributed by atoms with Gasteiger partial charge in [0.15, 0.2) is 5.78 Å². The van der Waals surface area contributed by atoms with Crippen LogP contribution in [0.3, 0.4) is 0 Å². The fourth-order valence-corrected chi connectivity index (χ4v) is 3.62. The number of hydrogen-bond acceptors (Lipinski definition) is 7. The molecule has 0 aliphatic heterocycles. The van der Waals surface area contributed by atoms with E-state index in [1.54, 1.807) is 39.8 Å². The first-order valence-corrected chi connectivity index (χ1v) is 10.8. The molecular formula is C24H28ClNO6. The third-order valence-electron chi connectivity index (χ3n) is 4.99. The highest BCUT2D eigenvalue weighted by Crippen LogP contribution is 2.43. The number of benzene rings is 1. The van der Waals surface area contributed by atoms with Crippen LogP contribution in [0.25, 0.3) is 0 Å². The van der Waals surface area contributed by atoms with Crippen molar-refractivity contribution in [3.63, 3.8) is 0 Å². The van der Waals surface area contributed by atoms with Crippen molar-refractivity contribution in [2.75, 3.05) is 13.2 Å². The van der Waals surface area contributed by atoms with Gasteiger partial charge < -0.3 is 14.3 Å². The van der Waals surface area contributed by atoms with Gasteiger partial charge in [-0.15, -0.1) is 0 Å². The van der Waals surface area contributed by atoms with E-state index < -0.39 is 29.1 Å². The summed E-state index contributed by atoms with van der Waals surface area (Å²) in [6, 6.07) is 6.21. The third kappa shape index (κ3) is 5.85. The number of rotatable bonds is 9. The normalized spacial score (nSPS) is 18.2. The Hall–Kier alpha value is -2.93. The van der Waals surface area contributed by atoms with E-state index in [9.17, 15) is 14.4 Å². The summed E-state index contributed by atoms with van der Waals surface area (Å²) < 4.78 is 10.8. The van der Waals surface area contributed by atoms with Crippen molar-refractivity contribution in [1.29, 1.82) is 0 Å². The van der Waals surface area contributed by atoms with Crippen LogP contribution in [0.4, 0.5) is 0 Å². The smallest absolute Gasteiger partial charge is 0.343 e. The summed E-state index contributed by atoms with van der Waals surface area (Å²) in [5.41, 5.74) is -0.225. The molecule has 0 fully saturated rings. The van der Waals surface area contributed by atoms with E-state index in [-0.39, 0.29) is 42.2 Å². The van der Waals surface area contributed by atoms with Crippen LogP contribution in [0.15, 0.2) is 53.4 Å². The van der Waals surface area contributed by atoms with Crippen molar-refractivity contribution in [2.24, 2.45) is 16.5 Å². The van der Waals surface area contributed by atoms with E-state index in [1.165, 1.54) is 18.2 Å². The highest BCUT2D eigenvalue weighted by Gasteiger charge is 2.49. The molecular weight excluding hydrogens is 434 g/mol. The Morgan fingerprint density at radius 1 is 1.25 bits per heavy atom. The number of carbonyl (C=O) groups is 3. The summed E-state index contributed by atoms with van der Waals surface area (Å²) in [6.45, 7) is 10.8. The van der Waals surface area contributed by atoms with Crippen LogP contribution in [-0.4, -0.2) is 36.6 Å². The molecule has 8 heteroatoms. The number of oxime groups is 1. The molecule has 1 unspecified atom stereocenters. The van der Waals surface area contributed by atoms with Crippen LogP contribution in [0.5, 0.6) is 0 Å². The highest BCUT2D eigenvalue weighted by molar-refractivity contribution is 6.30. The van der Waals surface area contributed by atoms with Gasteiger partial charge in [0.05, 0.1) is 23.5 Å². The minimum Gasteiger partial charge on any atom is -0.465 e. The molecule has 0 saturated carbocycles. The van der Waals surface area contributed by atoms with Gasteiger partial charge in [-0.2, -0.15) is 0 Å². The molecule has 1 aromatic rings. The first kappa shape index (κ1) is 25.3. The van der Waals surface area contributed by atoms with Crippen molar-refractivity contribution in [1.82, 2.24) is 0 Å². The van der Waals surface area contributed by atoms with Gasteiger partial charge in [0.2, 0.25) is 0 Å². The third-order valence-corrected chi connectivity index (χ3v) is 5.25. The highest BCUT2D eigenvalue weighted by atomic mass is 35.5. The van der Waals surface area contributed by atoms with Gasteiger partial charge in [-0.3, -0.25) is 9.59 Å². The maximum absolute atomic E-state index is 13.5. The molecule has 1 aromatic carbocycles. The Morgan fingerprint density at radius 2 is 1.91 bits per heavy atom. The van der Waals surface area contributed by atoms with Crippen molar-refractivity contribution in [3.05, 3.63) is 58.8 Å². The van der Waals surface area contributed by atoms with Gasteiger partial charge in [0.1, 0.15) is 18.3 Å².